The summed E-state index contributed by atoms with van der Waals surface area (Å²) in [4.78, 5) is 2.52. The molecule has 106 valence electrons. The number of benzene rings is 1. The summed E-state index contributed by atoms with van der Waals surface area (Å²) < 4.78 is 6.90. The molecule has 2 heterocycles. The highest BCUT2D eigenvalue weighted by Crippen LogP contribution is 2.30. The van der Waals surface area contributed by atoms with Gasteiger partial charge in [0.2, 0.25) is 0 Å². The van der Waals surface area contributed by atoms with Crippen molar-refractivity contribution in [3.63, 3.8) is 0 Å². The van der Waals surface area contributed by atoms with E-state index in [0.29, 0.717) is 17.6 Å². The van der Waals surface area contributed by atoms with Crippen molar-refractivity contribution in [2.45, 2.75) is 31.9 Å². The first-order chi connectivity index (χ1) is 9.76. The SMILES string of the molecule is N#Cc1ccc(CN2CC[C@@H]3OCCC[C@H]3C2)c(Br)c1. The molecule has 3 nitrogen and oxygen atoms in total. The molecule has 0 saturated carbocycles. The smallest absolute Gasteiger partial charge is 0.0992 e. The molecule has 0 bridgehead atoms. The van der Waals surface area contributed by atoms with E-state index in [1.165, 1.54) is 18.4 Å². The monoisotopic (exact) mass is 334 g/mol. The molecular formula is C16H19BrN2O. The average Bonchev–Trinajstić information content (AvgIpc) is 2.49. The van der Waals surface area contributed by atoms with Crippen LogP contribution in [-0.4, -0.2) is 30.7 Å². The molecule has 0 radical (unpaired) electrons. The van der Waals surface area contributed by atoms with Gasteiger partial charge in [0.05, 0.1) is 17.7 Å². The van der Waals surface area contributed by atoms with E-state index in [1.54, 1.807) is 0 Å². The van der Waals surface area contributed by atoms with Crippen molar-refractivity contribution in [1.29, 1.82) is 5.26 Å². The summed E-state index contributed by atoms with van der Waals surface area (Å²) in [5.41, 5.74) is 1.97. The van der Waals surface area contributed by atoms with Crippen LogP contribution in [0.2, 0.25) is 0 Å². The highest BCUT2D eigenvalue weighted by molar-refractivity contribution is 9.10. The largest absolute Gasteiger partial charge is 0.378 e. The first-order valence-electron chi connectivity index (χ1n) is 7.29. The molecule has 0 N–H and O–H groups in total. The zero-order valence-corrected chi connectivity index (χ0v) is 13.1. The predicted molar refractivity (Wildman–Crippen MR) is 81.2 cm³/mol. The summed E-state index contributed by atoms with van der Waals surface area (Å²) in [5, 5.41) is 8.91. The van der Waals surface area contributed by atoms with Crippen LogP contribution in [0.15, 0.2) is 22.7 Å². The van der Waals surface area contributed by atoms with Gasteiger partial charge in [-0.1, -0.05) is 22.0 Å². The van der Waals surface area contributed by atoms with Crippen LogP contribution in [0.5, 0.6) is 0 Å². The first kappa shape index (κ1) is 14.1. The summed E-state index contributed by atoms with van der Waals surface area (Å²) in [5.74, 6) is 0.703. The van der Waals surface area contributed by atoms with Crippen LogP contribution in [0, 0.1) is 17.2 Å². The Balaban J connectivity index is 1.65. The standard InChI is InChI=1S/C16H19BrN2O/c17-15-8-12(9-18)3-4-13(15)10-19-6-5-16-14(11-19)2-1-7-20-16/h3-4,8,14,16H,1-2,5-7,10-11H2/t14-,16-/m0/s1. The minimum absolute atomic E-state index is 0.490. The van der Waals surface area contributed by atoms with Gasteiger partial charge in [-0.3, -0.25) is 4.90 Å². The summed E-state index contributed by atoms with van der Waals surface area (Å²) in [6.45, 7) is 4.14. The molecule has 2 saturated heterocycles. The van der Waals surface area contributed by atoms with E-state index in [4.69, 9.17) is 10.00 Å². The lowest BCUT2D eigenvalue weighted by Gasteiger charge is -2.41. The molecular weight excluding hydrogens is 316 g/mol. The first-order valence-corrected chi connectivity index (χ1v) is 8.08. The average molecular weight is 335 g/mol. The Bertz CT molecular complexity index is 526. The number of ether oxygens (including phenoxy) is 1. The lowest BCUT2D eigenvalue weighted by atomic mass is 9.88. The molecule has 20 heavy (non-hydrogen) atoms. The van der Waals surface area contributed by atoms with Gasteiger partial charge in [-0.25, -0.2) is 0 Å². The Labute approximate surface area is 128 Å². The molecule has 3 rings (SSSR count). The molecule has 1 aromatic carbocycles. The quantitative estimate of drug-likeness (QED) is 0.832. The minimum Gasteiger partial charge on any atom is -0.378 e. The highest BCUT2D eigenvalue weighted by atomic mass is 79.9. The van der Waals surface area contributed by atoms with Crippen molar-refractivity contribution in [2.75, 3.05) is 19.7 Å². The van der Waals surface area contributed by atoms with Gasteiger partial charge in [0, 0.05) is 30.7 Å². The fraction of sp³-hybridized carbons (Fsp3) is 0.562. The number of halogens is 1. The fourth-order valence-corrected chi connectivity index (χ4v) is 3.80. The highest BCUT2D eigenvalue weighted by Gasteiger charge is 2.31. The number of rotatable bonds is 2. The van der Waals surface area contributed by atoms with Crippen molar-refractivity contribution in [3.8, 4) is 6.07 Å². The van der Waals surface area contributed by atoms with Crippen LogP contribution in [0.3, 0.4) is 0 Å². The van der Waals surface area contributed by atoms with Crippen molar-refractivity contribution < 1.29 is 4.74 Å². The van der Waals surface area contributed by atoms with E-state index < -0.39 is 0 Å². The van der Waals surface area contributed by atoms with Crippen LogP contribution < -0.4 is 0 Å². The van der Waals surface area contributed by atoms with Crippen LogP contribution in [0.25, 0.3) is 0 Å². The van der Waals surface area contributed by atoms with Crippen molar-refractivity contribution in [1.82, 2.24) is 4.90 Å². The van der Waals surface area contributed by atoms with E-state index in [9.17, 15) is 0 Å². The molecule has 2 fully saturated rings. The molecule has 4 heteroatoms. The third-order valence-corrected chi connectivity index (χ3v) is 5.11. The van der Waals surface area contributed by atoms with Gasteiger partial charge in [0.15, 0.2) is 0 Å². The Morgan fingerprint density at radius 3 is 3.10 bits per heavy atom. The second kappa shape index (κ2) is 6.26. The van der Waals surface area contributed by atoms with Crippen molar-refractivity contribution in [2.24, 2.45) is 5.92 Å². The van der Waals surface area contributed by atoms with Crippen LogP contribution >= 0.6 is 15.9 Å². The molecule has 0 amide bonds. The molecule has 2 aliphatic heterocycles. The number of nitrogens with zero attached hydrogens (tertiary/aromatic N) is 2. The molecule has 0 aromatic heterocycles. The third-order valence-electron chi connectivity index (χ3n) is 4.38. The van der Waals surface area contributed by atoms with Gasteiger partial charge in [-0.15, -0.1) is 0 Å². The van der Waals surface area contributed by atoms with Gasteiger partial charge in [-0.2, -0.15) is 5.26 Å². The number of hydrogen-bond donors (Lipinski definition) is 0. The molecule has 0 aliphatic carbocycles. The van der Waals surface area contributed by atoms with Gasteiger partial charge >= 0.3 is 0 Å². The van der Waals surface area contributed by atoms with Gasteiger partial charge in [0.25, 0.3) is 0 Å². The third kappa shape index (κ3) is 3.06. The zero-order chi connectivity index (χ0) is 13.9. The number of fused-ring (bicyclic) bond motifs is 1. The van der Waals surface area contributed by atoms with E-state index in [1.807, 2.05) is 12.1 Å². The lowest BCUT2D eigenvalue weighted by molar-refractivity contribution is -0.0676. The second-order valence-corrected chi connectivity index (χ2v) is 6.61. The number of likely N-dealkylation sites (tertiary alicyclic amines) is 1. The lowest BCUT2D eigenvalue weighted by Crippen LogP contribution is -2.45. The Kier molecular flexibility index (Phi) is 4.40. The normalized spacial score (nSPS) is 26.8. The minimum atomic E-state index is 0.490. The number of hydrogen-bond acceptors (Lipinski definition) is 3. The summed E-state index contributed by atoms with van der Waals surface area (Å²) in [6, 6.07) is 8.05. The number of piperidine rings is 1. The van der Waals surface area contributed by atoms with Crippen LogP contribution in [0.4, 0.5) is 0 Å². The second-order valence-electron chi connectivity index (χ2n) is 5.75. The molecule has 2 aliphatic rings. The van der Waals surface area contributed by atoms with E-state index >= 15 is 0 Å². The molecule has 0 unspecified atom stereocenters. The van der Waals surface area contributed by atoms with Gasteiger partial charge in [-0.05, 0) is 42.9 Å². The maximum atomic E-state index is 8.91. The zero-order valence-electron chi connectivity index (χ0n) is 11.5. The summed E-state index contributed by atoms with van der Waals surface area (Å²) in [7, 11) is 0. The van der Waals surface area contributed by atoms with E-state index in [-0.39, 0.29) is 0 Å². The van der Waals surface area contributed by atoms with Gasteiger partial charge < -0.3 is 4.74 Å². The fourth-order valence-electron chi connectivity index (χ4n) is 3.29. The summed E-state index contributed by atoms with van der Waals surface area (Å²) >= 11 is 3.58. The van der Waals surface area contributed by atoms with Crippen molar-refractivity contribution >= 4 is 15.9 Å². The van der Waals surface area contributed by atoms with Crippen molar-refractivity contribution in [3.05, 3.63) is 33.8 Å². The maximum Gasteiger partial charge on any atom is 0.0992 e. The van der Waals surface area contributed by atoms with Crippen LogP contribution in [-0.2, 0) is 11.3 Å². The molecule has 2 atom stereocenters. The Morgan fingerprint density at radius 2 is 2.30 bits per heavy atom. The maximum absolute atomic E-state index is 8.91. The Morgan fingerprint density at radius 1 is 1.40 bits per heavy atom. The number of nitriles is 1. The van der Waals surface area contributed by atoms with Crippen LogP contribution in [0.1, 0.15) is 30.4 Å². The topological polar surface area (TPSA) is 36.3 Å². The summed E-state index contributed by atoms with van der Waals surface area (Å²) in [6.07, 6.45) is 4.15. The van der Waals surface area contributed by atoms with Gasteiger partial charge in [0.1, 0.15) is 0 Å². The Hall–Kier alpha value is -0.890. The van der Waals surface area contributed by atoms with E-state index in [2.05, 4.69) is 33.0 Å². The molecule has 1 aromatic rings. The molecule has 0 spiro atoms. The van der Waals surface area contributed by atoms with E-state index in [0.717, 1.165) is 37.1 Å². The predicted octanol–water partition coefficient (Wildman–Crippen LogP) is 3.32.